The van der Waals surface area contributed by atoms with E-state index in [0.717, 1.165) is 30.6 Å². The van der Waals surface area contributed by atoms with Crippen molar-refractivity contribution >= 4 is 51.7 Å². The number of nitrogen functional groups attached to an aromatic ring is 1. The molecule has 4 heterocycles. The first-order valence-electron chi connectivity index (χ1n) is 10.9. The number of nitrogens with zero attached hydrogens (tertiary/aromatic N) is 4. The fourth-order valence-corrected chi connectivity index (χ4v) is 6.54. The Bertz CT molecular complexity index is 1290. The summed E-state index contributed by atoms with van der Waals surface area (Å²) in [5.41, 5.74) is 8.69. The molecule has 0 radical (unpaired) electrons. The Morgan fingerprint density at radius 3 is 2.97 bits per heavy atom. The van der Waals surface area contributed by atoms with Gasteiger partial charge in [0, 0.05) is 34.8 Å². The lowest BCUT2D eigenvalue weighted by Crippen LogP contribution is -2.71. The second-order valence-electron chi connectivity index (χ2n) is 8.26. The molecule has 0 saturated carbocycles. The summed E-state index contributed by atoms with van der Waals surface area (Å²) in [5, 5.41) is 19.7. The smallest absolute Gasteiger partial charge is 0.276 e. The van der Waals surface area contributed by atoms with Gasteiger partial charge in [-0.25, -0.2) is 4.98 Å². The van der Waals surface area contributed by atoms with E-state index in [-0.39, 0.29) is 22.2 Å². The third-order valence-electron chi connectivity index (χ3n) is 6.19. The second-order valence-corrected chi connectivity index (χ2v) is 10.3. The Hall–Kier alpha value is -3.45. The molecule has 0 bridgehead atoms. The molecule has 1 aliphatic carbocycles. The minimum atomic E-state index is -1.41. The topological polar surface area (TPSA) is 154 Å². The minimum Gasteiger partial charge on any atom is -0.543 e. The van der Waals surface area contributed by atoms with Crippen molar-refractivity contribution in [1.82, 2.24) is 15.2 Å². The van der Waals surface area contributed by atoms with Crippen molar-refractivity contribution in [2.75, 3.05) is 18.6 Å². The van der Waals surface area contributed by atoms with E-state index in [9.17, 15) is 19.5 Å². The standard InChI is InChI=1S/C22H22N6O5S2/c1-33-26-15(13-10-35-22(23)24-13)18(29)25-16-19(30)28-17(21(31)32)12(9-34-20(16)28)8-27-7-3-5-11-4-2-6-14(11)27/h3,5,7,10,16,20H,2,4,6,8-9H2,1H3,(H3-,23,24,25,29,31,32)/b26-15+/t16-,20-/m1/s1. The zero-order valence-corrected chi connectivity index (χ0v) is 20.4. The van der Waals surface area contributed by atoms with Gasteiger partial charge in [0.15, 0.2) is 29.3 Å². The number of thiazole rings is 1. The molecule has 1 fully saturated rings. The lowest BCUT2D eigenvalue weighted by molar-refractivity contribution is -0.696. The lowest BCUT2D eigenvalue weighted by atomic mass is 10.0. The molecule has 3 aliphatic rings. The van der Waals surface area contributed by atoms with Crippen molar-refractivity contribution in [2.45, 2.75) is 37.2 Å². The van der Waals surface area contributed by atoms with Crippen molar-refractivity contribution < 1.29 is 28.9 Å². The molecule has 2 atom stereocenters. The number of fused-ring (bicyclic) bond motifs is 2. The maximum atomic E-state index is 13.0. The van der Waals surface area contributed by atoms with Gasteiger partial charge in [-0.3, -0.25) is 14.5 Å². The molecule has 2 amide bonds. The number of carbonyl (C=O) groups is 3. The summed E-state index contributed by atoms with van der Waals surface area (Å²) in [6.45, 7) is 0.364. The number of aryl methyl sites for hydroxylation is 1. The van der Waals surface area contributed by atoms with E-state index < -0.39 is 29.2 Å². The maximum absolute atomic E-state index is 13.0. The third kappa shape index (κ3) is 4.14. The van der Waals surface area contributed by atoms with Gasteiger partial charge in [-0.15, -0.1) is 23.1 Å². The molecule has 0 aromatic carbocycles. The van der Waals surface area contributed by atoms with E-state index in [1.54, 1.807) is 5.38 Å². The van der Waals surface area contributed by atoms with Gasteiger partial charge in [0.2, 0.25) is 0 Å². The SMILES string of the molecule is CO/N=C(/C(=O)N[C@@H]1C(=O)N2C(C(=O)[O-])=C(C[n+]3cccc4c3CCC4)CS[C@H]12)c1csc(N)n1. The fraction of sp³-hybridized carbons (Fsp3) is 0.364. The molecular formula is C22H22N6O5S2. The van der Waals surface area contributed by atoms with Crippen molar-refractivity contribution in [3.63, 3.8) is 0 Å². The number of aliphatic carboxylic acids is 1. The van der Waals surface area contributed by atoms with Crippen LogP contribution in [0, 0.1) is 0 Å². The molecule has 182 valence electrons. The number of thioether (sulfide) groups is 1. The van der Waals surface area contributed by atoms with Crippen LogP contribution in [0.3, 0.4) is 0 Å². The summed E-state index contributed by atoms with van der Waals surface area (Å²) < 4.78 is 2.05. The quantitative estimate of drug-likeness (QED) is 0.206. The lowest BCUT2D eigenvalue weighted by Gasteiger charge is -2.50. The predicted octanol–water partition coefficient (Wildman–Crippen LogP) is -1.04. The molecule has 1 saturated heterocycles. The van der Waals surface area contributed by atoms with Gasteiger partial charge in [-0.1, -0.05) is 5.16 Å². The van der Waals surface area contributed by atoms with Gasteiger partial charge in [0.1, 0.15) is 24.2 Å². The maximum Gasteiger partial charge on any atom is 0.276 e. The number of hydrogen-bond donors (Lipinski definition) is 2. The number of amides is 2. The number of carboxylic acid groups (broad SMARTS) is 1. The largest absolute Gasteiger partial charge is 0.543 e. The number of nitrogens with two attached hydrogens (primary N) is 1. The summed E-state index contributed by atoms with van der Waals surface area (Å²) in [4.78, 5) is 48.0. The molecule has 2 aromatic heterocycles. The second kappa shape index (κ2) is 9.30. The Kier molecular flexibility index (Phi) is 6.19. The van der Waals surface area contributed by atoms with Crippen LogP contribution in [0.1, 0.15) is 23.4 Å². The summed E-state index contributed by atoms with van der Waals surface area (Å²) in [6, 6.07) is 3.12. The molecule has 2 aliphatic heterocycles. The molecule has 3 N–H and O–H groups in total. The number of hydrogen-bond acceptors (Lipinski definition) is 10. The number of aromatic nitrogens is 2. The van der Waals surface area contributed by atoms with Crippen LogP contribution in [0.25, 0.3) is 0 Å². The number of pyridine rings is 1. The molecule has 13 heteroatoms. The molecule has 35 heavy (non-hydrogen) atoms. The van der Waals surface area contributed by atoms with Gasteiger partial charge in [0.25, 0.3) is 11.8 Å². The van der Waals surface area contributed by atoms with Crippen LogP contribution >= 0.6 is 23.1 Å². The third-order valence-corrected chi connectivity index (χ3v) is 8.20. The Balaban J connectivity index is 1.36. The van der Waals surface area contributed by atoms with Crippen molar-refractivity contribution in [1.29, 1.82) is 0 Å². The van der Waals surface area contributed by atoms with Crippen LogP contribution in [0.15, 0.2) is 40.1 Å². The summed E-state index contributed by atoms with van der Waals surface area (Å²) in [6.07, 6.45) is 4.94. The summed E-state index contributed by atoms with van der Waals surface area (Å²) >= 11 is 2.53. The molecule has 0 unspecified atom stereocenters. The number of anilines is 1. The van der Waals surface area contributed by atoms with Crippen LogP contribution in [0.2, 0.25) is 0 Å². The number of oxime groups is 1. The highest BCUT2D eigenvalue weighted by Gasteiger charge is 2.53. The summed E-state index contributed by atoms with van der Waals surface area (Å²) in [7, 11) is 1.29. The van der Waals surface area contributed by atoms with Crippen molar-refractivity contribution in [2.24, 2.45) is 5.16 Å². The Morgan fingerprint density at radius 1 is 1.43 bits per heavy atom. The zero-order valence-electron chi connectivity index (χ0n) is 18.7. The van der Waals surface area contributed by atoms with E-state index >= 15 is 0 Å². The van der Waals surface area contributed by atoms with Crippen LogP contribution in [0.4, 0.5) is 5.13 Å². The van der Waals surface area contributed by atoms with E-state index in [2.05, 4.69) is 26.1 Å². The number of carbonyl (C=O) groups excluding carboxylic acids is 3. The van der Waals surface area contributed by atoms with Crippen molar-refractivity contribution in [3.8, 4) is 0 Å². The monoisotopic (exact) mass is 514 g/mol. The highest BCUT2D eigenvalue weighted by atomic mass is 32.2. The van der Waals surface area contributed by atoms with Crippen LogP contribution in [0.5, 0.6) is 0 Å². The van der Waals surface area contributed by atoms with E-state index in [0.29, 0.717) is 17.9 Å². The normalized spacial score (nSPS) is 21.3. The number of nitrogens with one attached hydrogen (secondary N) is 1. The van der Waals surface area contributed by atoms with Crippen LogP contribution in [-0.2, 0) is 38.6 Å². The predicted molar refractivity (Wildman–Crippen MR) is 126 cm³/mol. The van der Waals surface area contributed by atoms with E-state index in [4.69, 9.17) is 10.6 Å². The van der Waals surface area contributed by atoms with E-state index in [1.165, 1.54) is 35.0 Å². The first-order chi connectivity index (χ1) is 16.9. The highest BCUT2D eigenvalue weighted by molar-refractivity contribution is 8.00. The van der Waals surface area contributed by atoms with Crippen LogP contribution < -0.4 is 20.7 Å². The molecule has 11 nitrogen and oxygen atoms in total. The molecule has 0 spiro atoms. The molecule has 5 rings (SSSR count). The number of rotatable bonds is 7. The van der Waals surface area contributed by atoms with Crippen LogP contribution in [-0.4, -0.2) is 57.7 Å². The van der Waals surface area contributed by atoms with Gasteiger partial charge in [-0.05, 0) is 18.9 Å². The molecule has 2 aromatic rings. The fourth-order valence-electron chi connectivity index (χ4n) is 4.66. The van der Waals surface area contributed by atoms with Gasteiger partial charge >= 0.3 is 0 Å². The van der Waals surface area contributed by atoms with Gasteiger partial charge in [0.05, 0.1) is 11.7 Å². The Morgan fingerprint density at radius 2 is 2.26 bits per heavy atom. The summed E-state index contributed by atoms with van der Waals surface area (Å²) in [5.74, 6) is -2.21. The Labute approximate surface area is 208 Å². The first kappa shape index (κ1) is 23.3. The molecular weight excluding hydrogens is 492 g/mol. The minimum absolute atomic E-state index is 0.120. The number of β-lactam (4-membered cyclic amide) rings is 1. The van der Waals surface area contributed by atoms with Crippen molar-refractivity contribution in [3.05, 3.63) is 51.9 Å². The van der Waals surface area contributed by atoms with Gasteiger partial charge in [-0.2, -0.15) is 4.57 Å². The average molecular weight is 515 g/mol. The average Bonchev–Trinajstić information content (AvgIpc) is 3.49. The zero-order chi connectivity index (χ0) is 24.7. The van der Waals surface area contributed by atoms with Gasteiger partial charge < -0.3 is 25.8 Å². The first-order valence-corrected chi connectivity index (χ1v) is 12.8. The van der Waals surface area contributed by atoms with E-state index in [1.807, 2.05) is 12.3 Å². The number of carboxylic acids is 1. The highest BCUT2D eigenvalue weighted by Crippen LogP contribution is 2.40.